The number of hydrogen-bond acceptors (Lipinski definition) is 3. The van der Waals surface area contributed by atoms with E-state index >= 15 is 0 Å². The van der Waals surface area contributed by atoms with Gasteiger partial charge in [0.1, 0.15) is 5.82 Å². The minimum Gasteiger partial charge on any atom is -0.324 e. The number of nitrogens with zero attached hydrogens (tertiary/aromatic N) is 2. The van der Waals surface area contributed by atoms with Crippen molar-refractivity contribution in [1.29, 1.82) is 0 Å². The van der Waals surface area contributed by atoms with Crippen LogP contribution in [-0.4, -0.2) is 34.9 Å². The summed E-state index contributed by atoms with van der Waals surface area (Å²) >= 11 is 0. The van der Waals surface area contributed by atoms with E-state index in [4.69, 9.17) is 0 Å². The largest absolute Gasteiger partial charge is 0.324 e. The third-order valence-corrected chi connectivity index (χ3v) is 5.20. The summed E-state index contributed by atoms with van der Waals surface area (Å²) in [6.07, 6.45) is 4.88. The quantitative estimate of drug-likeness (QED) is 0.889. The van der Waals surface area contributed by atoms with E-state index in [2.05, 4.69) is 15.6 Å². The normalized spacial score (nSPS) is 23.7. The summed E-state index contributed by atoms with van der Waals surface area (Å²) in [6.45, 7) is 1.18. The van der Waals surface area contributed by atoms with E-state index in [1.165, 1.54) is 24.3 Å². The van der Waals surface area contributed by atoms with Gasteiger partial charge in [-0.1, -0.05) is 0 Å². The molecule has 6 nitrogen and oxygen atoms in total. The highest BCUT2D eigenvalue weighted by Gasteiger charge is 2.61. The van der Waals surface area contributed by atoms with Gasteiger partial charge >= 0.3 is 6.03 Å². The number of carbonyl (C=O) groups excluding carboxylic acids is 2. The van der Waals surface area contributed by atoms with Gasteiger partial charge in [0.25, 0.3) is 0 Å². The van der Waals surface area contributed by atoms with Crippen LogP contribution >= 0.6 is 0 Å². The Hall–Kier alpha value is -2.96. The first-order chi connectivity index (χ1) is 12.6. The summed E-state index contributed by atoms with van der Waals surface area (Å²) in [6, 6.07) is 9.03. The summed E-state index contributed by atoms with van der Waals surface area (Å²) in [5.74, 6) is -0.436. The topological polar surface area (TPSA) is 74.3 Å². The zero-order valence-corrected chi connectivity index (χ0v) is 14.1. The smallest absolute Gasteiger partial charge is 0.321 e. The molecule has 134 valence electrons. The van der Waals surface area contributed by atoms with Gasteiger partial charge in [-0.25, -0.2) is 9.18 Å². The zero-order chi connectivity index (χ0) is 18.1. The van der Waals surface area contributed by atoms with Crippen molar-refractivity contribution < 1.29 is 14.0 Å². The Labute approximate surface area is 150 Å². The molecule has 0 radical (unpaired) electrons. The molecule has 4 rings (SSSR count). The highest BCUT2D eigenvalue weighted by Crippen LogP contribution is 2.58. The third kappa shape index (κ3) is 3.24. The standard InChI is InChI=1S/C19H19FN4O2/c20-13-3-5-14(6-4-13)23-18(26)24-9-7-19(12-24)10-16(19)17(25)22-15-2-1-8-21-11-15/h1-6,8,11,16H,7,9-10,12H2,(H,22,25)(H,23,26)/t16-,19+/m0/s1. The predicted molar refractivity (Wildman–Crippen MR) is 95.0 cm³/mol. The molecule has 1 aromatic heterocycles. The first kappa shape index (κ1) is 16.5. The van der Waals surface area contributed by atoms with E-state index in [9.17, 15) is 14.0 Å². The second-order valence-electron chi connectivity index (χ2n) is 6.96. The number of nitrogens with one attached hydrogen (secondary N) is 2. The molecule has 0 unspecified atom stereocenters. The average Bonchev–Trinajstić information content (AvgIpc) is 3.18. The number of benzene rings is 1. The summed E-state index contributed by atoms with van der Waals surface area (Å²) in [5, 5.41) is 5.66. The Balaban J connectivity index is 1.33. The first-order valence-electron chi connectivity index (χ1n) is 8.58. The monoisotopic (exact) mass is 354 g/mol. The molecule has 2 heterocycles. The predicted octanol–water partition coefficient (Wildman–Crippen LogP) is 3.10. The molecule has 3 amide bonds. The molecule has 0 bridgehead atoms. The molecular formula is C19H19FN4O2. The Morgan fingerprint density at radius 3 is 2.69 bits per heavy atom. The number of aromatic nitrogens is 1. The van der Waals surface area contributed by atoms with Crippen LogP contribution in [0.1, 0.15) is 12.8 Å². The summed E-state index contributed by atoms with van der Waals surface area (Å²) < 4.78 is 12.9. The van der Waals surface area contributed by atoms with Gasteiger partial charge in [-0.05, 0) is 49.2 Å². The van der Waals surface area contributed by atoms with Gasteiger partial charge in [-0.3, -0.25) is 9.78 Å². The number of amides is 3. The summed E-state index contributed by atoms with van der Waals surface area (Å²) in [7, 11) is 0. The van der Waals surface area contributed by atoms with E-state index in [-0.39, 0.29) is 29.1 Å². The lowest BCUT2D eigenvalue weighted by atomic mass is 10.0. The molecule has 1 aliphatic heterocycles. The number of carbonyl (C=O) groups is 2. The minimum atomic E-state index is -0.344. The Kier molecular flexibility index (Phi) is 4.06. The fourth-order valence-electron chi connectivity index (χ4n) is 3.64. The van der Waals surface area contributed by atoms with Crippen molar-refractivity contribution in [3.05, 3.63) is 54.6 Å². The number of rotatable bonds is 3. The summed E-state index contributed by atoms with van der Waals surface area (Å²) in [5.41, 5.74) is 1.12. The molecule has 2 fully saturated rings. The average molecular weight is 354 g/mol. The first-order valence-corrected chi connectivity index (χ1v) is 8.58. The van der Waals surface area contributed by atoms with E-state index < -0.39 is 0 Å². The van der Waals surface area contributed by atoms with Crippen molar-refractivity contribution in [3.63, 3.8) is 0 Å². The van der Waals surface area contributed by atoms with Gasteiger partial charge in [0.2, 0.25) is 5.91 Å². The summed E-state index contributed by atoms with van der Waals surface area (Å²) in [4.78, 5) is 30.5. The maximum Gasteiger partial charge on any atom is 0.321 e. The number of anilines is 2. The minimum absolute atomic E-state index is 0.0150. The highest BCUT2D eigenvalue weighted by atomic mass is 19.1. The Bertz CT molecular complexity index is 827. The highest BCUT2D eigenvalue weighted by molar-refractivity contribution is 5.95. The fraction of sp³-hybridized carbons (Fsp3) is 0.316. The molecule has 2 atom stereocenters. The molecule has 26 heavy (non-hydrogen) atoms. The van der Waals surface area contributed by atoms with Gasteiger partial charge in [0.05, 0.1) is 11.9 Å². The van der Waals surface area contributed by atoms with Crippen molar-refractivity contribution in [2.24, 2.45) is 11.3 Å². The van der Waals surface area contributed by atoms with E-state index in [1.807, 2.05) is 0 Å². The van der Waals surface area contributed by atoms with Crippen molar-refractivity contribution >= 4 is 23.3 Å². The molecule has 7 heteroatoms. The lowest BCUT2D eigenvalue weighted by Gasteiger charge is -2.17. The van der Waals surface area contributed by atoms with Gasteiger partial charge in [-0.2, -0.15) is 0 Å². The van der Waals surface area contributed by atoms with Crippen LogP contribution in [-0.2, 0) is 4.79 Å². The number of urea groups is 1. The number of pyridine rings is 1. The van der Waals surface area contributed by atoms with Crippen LogP contribution in [0, 0.1) is 17.2 Å². The second kappa shape index (κ2) is 6.40. The molecular weight excluding hydrogens is 335 g/mol. The van der Waals surface area contributed by atoms with Crippen LogP contribution in [0.15, 0.2) is 48.8 Å². The van der Waals surface area contributed by atoms with E-state index in [1.54, 1.807) is 29.4 Å². The maximum atomic E-state index is 12.9. The molecule has 2 aliphatic rings. The van der Waals surface area contributed by atoms with Crippen LogP contribution in [0.25, 0.3) is 0 Å². The molecule has 1 saturated carbocycles. The van der Waals surface area contributed by atoms with Crippen LogP contribution in [0.3, 0.4) is 0 Å². The lowest BCUT2D eigenvalue weighted by molar-refractivity contribution is -0.118. The van der Waals surface area contributed by atoms with Crippen LogP contribution < -0.4 is 10.6 Å². The molecule has 2 aromatic rings. The van der Waals surface area contributed by atoms with E-state index in [0.717, 1.165) is 12.8 Å². The third-order valence-electron chi connectivity index (χ3n) is 5.20. The number of likely N-dealkylation sites (tertiary alicyclic amines) is 1. The molecule has 1 saturated heterocycles. The van der Waals surface area contributed by atoms with E-state index in [0.29, 0.717) is 24.5 Å². The van der Waals surface area contributed by atoms with Crippen molar-refractivity contribution in [3.8, 4) is 0 Å². The molecule has 2 N–H and O–H groups in total. The SMILES string of the molecule is O=C(Nc1cccnc1)[C@@H]1C[C@@]12CCN(C(=O)Nc1ccc(F)cc1)C2. The Morgan fingerprint density at radius 1 is 1.15 bits per heavy atom. The Morgan fingerprint density at radius 2 is 1.96 bits per heavy atom. The van der Waals surface area contributed by atoms with Gasteiger partial charge in [0.15, 0.2) is 0 Å². The molecule has 1 aromatic carbocycles. The van der Waals surface area contributed by atoms with Crippen LogP contribution in [0.5, 0.6) is 0 Å². The van der Waals surface area contributed by atoms with Gasteiger partial charge in [-0.15, -0.1) is 0 Å². The fourth-order valence-corrected chi connectivity index (χ4v) is 3.64. The van der Waals surface area contributed by atoms with Crippen molar-refractivity contribution in [2.75, 3.05) is 23.7 Å². The van der Waals surface area contributed by atoms with Gasteiger partial charge < -0.3 is 15.5 Å². The van der Waals surface area contributed by atoms with Crippen LogP contribution in [0.2, 0.25) is 0 Å². The maximum absolute atomic E-state index is 12.9. The molecule has 1 aliphatic carbocycles. The van der Waals surface area contributed by atoms with Crippen molar-refractivity contribution in [1.82, 2.24) is 9.88 Å². The number of hydrogen-bond donors (Lipinski definition) is 2. The lowest BCUT2D eigenvalue weighted by Crippen LogP contribution is -2.33. The van der Waals surface area contributed by atoms with Crippen molar-refractivity contribution in [2.45, 2.75) is 12.8 Å². The second-order valence-corrected chi connectivity index (χ2v) is 6.96. The van der Waals surface area contributed by atoms with Gasteiger partial charge in [0, 0.05) is 36.3 Å². The zero-order valence-electron chi connectivity index (χ0n) is 14.1. The molecule has 1 spiro atoms. The number of halogens is 1. The van der Waals surface area contributed by atoms with Crippen LogP contribution in [0.4, 0.5) is 20.6 Å².